The summed E-state index contributed by atoms with van der Waals surface area (Å²) in [7, 11) is 1.77. The van der Waals surface area contributed by atoms with Crippen molar-refractivity contribution in [3.8, 4) is 6.01 Å². The minimum atomic E-state index is 0.0217. The lowest BCUT2D eigenvalue weighted by Gasteiger charge is -2.21. The summed E-state index contributed by atoms with van der Waals surface area (Å²) in [5.41, 5.74) is 0. The second-order valence-electron chi connectivity index (χ2n) is 4.43. The van der Waals surface area contributed by atoms with Gasteiger partial charge < -0.3 is 19.7 Å². The van der Waals surface area contributed by atoms with Crippen molar-refractivity contribution in [1.29, 1.82) is 0 Å². The maximum atomic E-state index is 5.56. The van der Waals surface area contributed by atoms with Crippen LogP contribution in [0.25, 0.3) is 0 Å². The zero-order valence-electron chi connectivity index (χ0n) is 13.0. The molecule has 7 heteroatoms. The molecule has 1 heterocycles. The summed E-state index contributed by atoms with van der Waals surface area (Å²) in [4.78, 5) is 14.9. The van der Waals surface area contributed by atoms with Gasteiger partial charge in [0.25, 0.3) is 0 Å². The van der Waals surface area contributed by atoms with Crippen molar-refractivity contribution in [2.45, 2.75) is 33.8 Å². The molecule has 0 saturated heterocycles. The van der Waals surface area contributed by atoms with Crippen LogP contribution < -0.4 is 15.0 Å². The molecule has 0 radical (unpaired) electrons. The van der Waals surface area contributed by atoms with Crippen molar-refractivity contribution in [3.05, 3.63) is 0 Å². The molecule has 0 amide bonds. The van der Waals surface area contributed by atoms with Crippen LogP contribution in [0.4, 0.5) is 11.9 Å². The van der Waals surface area contributed by atoms with E-state index in [9.17, 15) is 0 Å². The summed E-state index contributed by atoms with van der Waals surface area (Å²) in [5.74, 6) is 1.10. The Labute approximate surface area is 120 Å². The molecule has 7 nitrogen and oxygen atoms in total. The zero-order chi connectivity index (χ0) is 15.0. The quantitative estimate of drug-likeness (QED) is 0.689. The summed E-state index contributed by atoms with van der Waals surface area (Å²) in [6.07, 6.45) is 0.0217. The molecule has 0 aliphatic rings. The van der Waals surface area contributed by atoms with Crippen molar-refractivity contribution in [2.24, 2.45) is 0 Å². The van der Waals surface area contributed by atoms with E-state index in [2.05, 4.69) is 27.2 Å². The predicted molar refractivity (Wildman–Crippen MR) is 79.5 cm³/mol. The van der Waals surface area contributed by atoms with Gasteiger partial charge in [-0.25, -0.2) is 0 Å². The Hall–Kier alpha value is -1.63. The molecule has 0 atom stereocenters. The van der Waals surface area contributed by atoms with Crippen LogP contribution in [0.1, 0.15) is 27.7 Å². The van der Waals surface area contributed by atoms with E-state index in [4.69, 9.17) is 9.47 Å². The van der Waals surface area contributed by atoms with Crippen LogP contribution in [0.15, 0.2) is 0 Å². The van der Waals surface area contributed by atoms with Crippen molar-refractivity contribution in [2.75, 3.05) is 43.6 Å². The fourth-order valence-corrected chi connectivity index (χ4v) is 1.58. The average molecular weight is 283 g/mol. The Balaban J connectivity index is 2.89. The van der Waals surface area contributed by atoms with Crippen LogP contribution in [0.3, 0.4) is 0 Å². The summed E-state index contributed by atoms with van der Waals surface area (Å²) < 4.78 is 10.9. The standard InChI is InChI=1S/C13H25N5O2/c1-6-18(8-9-19-7-2)12-15-11(14-5)16-13(17-12)20-10(3)4/h10H,6-9H2,1-5H3,(H,14,15,16,17). The number of hydrogen-bond donors (Lipinski definition) is 1. The molecule has 0 aliphatic heterocycles. The van der Waals surface area contributed by atoms with E-state index in [1.165, 1.54) is 0 Å². The van der Waals surface area contributed by atoms with Gasteiger partial charge in [-0.05, 0) is 27.7 Å². The third kappa shape index (κ3) is 5.16. The summed E-state index contributed by atoms with van der Waals surface area (Å²) in [5, 5.41) is 2.93. The Morgan fingerprint density at radius 2 is 1.95 bits per heavy atom. The van der Waals surface area contributed by atoms with Gasteiger partial charge in [-0.3, -0.25) is 0 Å². The molecule has 20 heavy (non-hydrogen) atoms. The number of ether oxygens (including phenoxy) is 2. The van der Waals surface area contributed by atoms with Gasteiger partial charge in [0.05, 0.1) is 12.7 Å². The highest BCUT2D eigenvalue weighted by molar-refractivity contribution is 5.37. The van der Waals surface area contributed by atoms with Crippen LogP contribution in [0, 0.1) is 0 Å². The molecule has 0 fully saturated rings. The fraction of sp³-hybridized carbons (Fsp3) is 0.769. The minimum Gasteiger partial charge on any atom is -0.461 e. The van der Waals surface area contributed by atoms with Crippen LogP contribution >= 0.6 is 0 Å². The lowest BCUT2D eigenvalue weighted by Crippen LogP contribution is -2.29. The first-order valence-electron chi connectivity index (χ1n) is 7.03. The van der Waals surface area contributed by atoms with Gasteiger partial charge in [0, 0.05) is 26.7 Å². The molecule has 1 aromatic heterocycles. The first kappa shape index (κ1) is 16.4. The number of rotatable bonds is 9. The Kier molecular flexibility index (Phi) is 7.00. The number of nitrogens with one attached hydrogen (secondary N) is 1. The van der Waals surface area contributed by atoms with Crippen LogP contribution in [0.5, 0.6) is 6.01 Å². The largest absolute Gasteiger partial charge is 0.461 e. The normalized spacial score (nSPS) is 10.7. The number of hydrogen-bond acceptors (Lipinski definition) is 7. The van der Waals surface area contributed by atoms with E-state index in [0.29, 0.717) is 31.1 Å². The van der Waals surface area contributed by atoms with Crippen LogP contribution in [0.2, 0.25) is 0 Å². The van der Waals surface area contributed by atoms with E-state index in [0.717, 1.165) is 13.1 Å². The van der Waals surface area contributed by atoms with Crippen LogP contribution in [-0.4, -0.2) is 54.4 Å². The van der Waals surface area contributed by atoms with E-state index < -0.39 is 0 Å². The highest BCUT2D eigenvalue weighted by Crippen LogP contribution is 2.15. The predicted octanol–water partition coefficient (Wildman–Crippen LogP) is 1.56. The Morgan fingerprint density at radius 1 is 1.20 bits per heavy atom. The van der Waals surface area contributed by atoms with Crippen molar-refractivity contribution in [1.82, 2.24) is 15.0 Å². The van der Waals surface area contributed by atoms with Crippen molar-refractivity contribution in [3.63, 3.8) is 0 Å². The van der Waals surface area contributed by atoms with E-state index in [1.54, 1.807) is 7.05 Å². The maximum Gasteiger partial charge on any atom is 0.323 e. The molecule has 114 valence electrons. The lowest BCUT2D eigenvalue weighted by molar-refractivity contribution is 0.153. The summed E-state index contributed by atoms with van der Waals surface area (Å²) in [6, 6.07) is 0.337. The number of likely N-dealkylation sites (N-methyl/N-ethyl adjacent to an activating group) is 1. The van der Waals surface area contributed by atoms with Gasteiger partial charge >= 0.3 is 6.01 Å². The van der Waals surface area contributed by atoms with Crippen molar-refractivity contribution < 1.29 is 9.47 Å². The molecule has 0 bridgehead atoms. The Morgan fingerprint density at radius 3 is 2.50 bits per heavy atom. The first-order valence-corrected chi connectivity index (χ1v) is 7.03. The van der Waals surface area contributed by atoms with Crippen molar-refractivity contribution >= 4 is 11.9 Å². The molecule has 0 saturated carbocycles. The third-order valence-electron chi connectivity index (χ3n) is 2.54. The number of nitrogens with zero attached hydrogens (tertiary/aromatic N) is 4. The highest BCUT2D eigenvalue weighted by Gasteiger charge is 2.13. The van der Waals surface area contributed by atoms with Gasteiger partial charge in [-0.2, -0.15) is 15.0 Å². The van der Waals surface area contributed by atoms with Gasteiger partial charge in [-0.1, -0.05) is 0 Å². The zero-order valence-corrected chi connectivity index (χ0v) is 13.0. The molecule has 1 N–H and O–H groups in total. The second kappa shape index (κ2) is 8.52. The molecule has 1 rings (SSSR count). The molecule has 0 aromatic carbocycles. The third-order valence-corrected chi connectivity index (χ3v) is 2.54. The number of anilines is 2. The Bertz CT molecular complexity index is 400. The summed E-state index contributed by atoms with van der Waals surface area (Å²) >= 11 is 0. The van der Waals surface area contributed by atoms with Crippen LogP contribution in [-0.2, 0) is 4.74 Å². The number of aromatic nitrogens is 3. The van der Waals surface area contributed by atoms with Gasteiger partial charge in [0.2, 0.25) is 11.9 Å². The highest BCUT2D eigenvalue weighted by atomic mass is 16.5. The van der Waals surface area contributed by atoms with Gasteiger partial charge in [0.1, 0.15) is 0 Å². The molecule has 0 spiro atoms. The first-order chi connectivity index (χ1) is 9.60. The topological polar surface area (TPSA) is 72.4 Å². The summed E-state index contributed by atoms with van der Waals surface area (Å²) in [6.45, 7) is 10.8. The molecule has 0 unspecified atom stereocenters. The minimum absolute atomic E-state index is 0.0217. The smallest absolute Gasteiger partial charge is 0.323 e. The van der Waals surface area contributed by atoms with Gasteiger partial charge in [0.15, 0.2) is 0 Å². The molecule has 0 aliphatic carbocycles. The second-order valence-corrected chi connectivity index (χ2v) is 4.43. The molecule has 1 aromatic rings. The fourth-order valence-electron chi connectivity index (χ4n) is 1.58. The maximum absolute atomic E-state index is 5.56. The monoisotopic (exact) mass is 283 g/mol. The van der Waals surface area contributed by atoms with Gasteiger partial charge in [-0.15, -0.1) is 0 Å². The lowest BCUT2D eigenvalue weighted by atomic mass is 10.5. The average Bonchev–Trinajstić information content (AvgIpc) is 2.42. The van der Waals surface area contributed by atoms with E-state index in [1.807, 2.05) is 25.7 Å². The van der Waals surface area contributed by atoms with E-state index >= 15 is 0 Å². The van der Waals surface area contributed by atoms with E-state index in [-0.39, 0.29) is 6.10 Å². The SMILES string of the molecule is CCOCCN(CC)c1nc(NC)nc(OC(C)C)n1. The molecular formula is C13H25N5O2. The molecular weight excluding hydrogens is 258 g/mol.